The molecule has 0 aliphatic rings. The van der Waals surface area contributed by atoms with Crippen LogP contribution in [-0.4, -0.2) is 25.3 Å². The Hall–Kier alpha value is -3.33. The second-order valence-corrected chi connectivity index (χ2v) is 8.09. The number of alkyl halides is 3. The van der Waals surface area contributed by atoms with Gasteiger partial charge in [0.05, 0.1) is 18.0 Å². The summed E-state index contributed by atoms with van der Waals surface area (Å²) < 4.78 is 45.6. The van der Waals surface area contributed by atoms with Gasteiger partial charge in [0, 0.05) is 6.42 Å². The van der Waals surface area contributed by atoms with Gasteiger partial charge in [0.1, 0.15) is 5.75 Å². The molecule has 1 unspecified atom stereocenters. The lowest BCUT2D eigenvalue weighted by molar-refractivity contribution is -0.274. The van der Waals surface area contributed by atoms with E-state index in [9.17, 15) is 22.8 Å². The molecule has 174 valence electrons. The number of ether oxygens (including phenoxy) is 2. The Kier molecular flexibility index (Phi) is 8.11. The monoisotopic (exact) mass is 477 g/mol. The first kappa shape index (κ1) is 24.3. The van der Waals surface area contributed by atoms with E-state index in [-0.39, 0.29) is 30.1 Å². The molecule has 0 fully saturated rings. The third kappa shape index (κ3) is 7.35. The average molecular weight is 478 g/mol. The van der Waals surface area contributed by atoms with Gasteiger partial charge in [0.25, 0.3) is 5.91 Å². The number of esters is 1. The van der Waals surface area contributed by atoms with Gasteiger partial charge in [-0.1, -0.05) is 42.5 Å². The molecule has 9 heteroatoms. The maximum atomic E-state index is 12.9. The molecule has 0 bridgehead atoms. The number of thiophene rings is 1. The highest BCUT2D eigenvalue weighted by molar-refractivity contribution is 7.12. The van der Waals surface area contributed by atoms with Gasteiger partial charge in [-0.3, -0.25) is 9.59 Å². The van der Waals surface area contributed by atoms with Gasteiger partial charge >= 0.3 is 12.3 Å². The first-order valence-electron chi connectivity index (χ1n) is 10.1. The molecule has 1 aromatic heterocycles. The van der Waals surface area contributed by atoms with Crippen LogP contribution in [0, 0.1) is 0 Å². The number of rotatable bonds is 9. The highest BCUT2D eigenvalue weighted by Gasteiger charge is 2.31. The number of amides is 1. The van der Waals surface area contributed by atoms with Crippen molar-refractivity contribution >= 4 is 23.2 Å². The second kappa shape index (κ2) is 11.0. The van der Waals surface area contributed by atoms with Gasteiger partial charge in [-0.05, 0) is 53.1 Å². The molecule has 3 rings (SSSR count). The molecule has 1 heterocycles. The fourth-order valence-electron chi connectivity index (χ4n) is 3.25. The van der Waals surface area contributed by atoms with Crippen LogP contribution in [0.2, 0.25) is 0 Å². The van der Waals surface area contributed by atoms with E-state index in [1.165, 1.54) is 42.7 Å². The normalized spacial score (nSPS) is 12.1. The smallest absolute Gasteiger partial charge is 0.469 e. The predicted molar refractivity (Wildman–Crippen MR) is 119 cm³/mol. The molecule has 0 saturated carbocycles. The Balaban J connectivity index is 1.68. The van der Waals surface area contributed by atoms with Crippen molar-refractivity contribution in [3.05, 3.63) is 76.5 Å². The molecule has 0 spiro atoms. The summed E-state index contributed by atoms with van der Waals surface area (Å²) in [5.41, 5.74) is 2.30. The molecule has 2 aromatic carbocycles. The topological polar surface area (TPSA) is 64.6 Å². The van der Waals surface area contributed by atoms with E-state index < -0.39 is 6.36 Å². The van der Waals surface area contributed by atoms with E-state index in [0.29, 0.717) is 28.8 Å². The molecule has 1 N–H and O–H groups in total. The molecule has 0 aliphatic heterocycles. The van der Waals surface area contributed by atoms with Crippen LogP contribution < -0.4 is 10.1 Å². The van der Waals surface area contributed by atoms with Crippen molar-refractivity contribution in [2.45, 2.75) is 31.7 Å². The molecule has 3 aromatic rings. The van der Waals surface area contributed by atoms with E-state index in [0.717, 1.165) is 5.56 Å². The molecule has 1 amide bonds. The first-order valence-corrected chi connectivity index (χ1v) is 11.0. The van der Waals surface area contributed by atoms with E-state index in [4.69, 9.17) is 0 Å². The summed E-state index contributed by atoms with van der Waals surface area (Å²) in [7, 11) is 1.34. The van der Waals surface area contributed by atoms with Crippen molar-refractivity contribution in [2.75, 3.05) is 7.11 Å². The Morgan fingerprint density at radius 1 is 1.03 bits per heavy atom. The Labute approximate surface area is 193 Å². The van der Waals surface area contributed by atoms with Gasteiger partial charge in [0.15, 0.2) is 0 Å². The number of methoxy groups -OCH3 is 1. The summed E-state index contributed by atoms with van der Waals surface area (Å²) in [4.78, 5) is 24.8. The summed E-state index contributed by atoms with van der Waals surface area (Å²) in [5.74, 6) is -0.880. The summed E-state index contributed by atoms with van der Waals surface area (Å²) in [6.45, 7) is 0. The summed E-state index contributed by atoms with van der Waals surface area (Å²) in [6, 6.07) is 16.3. The first-order chi connectivity index (χ1) is 15.7. The number of carbonyl (C=O) groups excluding carboxylic acids is 2. The zero-order valence-corrected chi connectivity index (χ0v) is 18.5. The molecule has 0 radical (unpaired) electrons. The second-order valence-electron chi connectivity index (χ2n) is 7.18. The number of benzene rings is 2. The summed E-state index contributed by atoms with van der Waals surface area (Å²) in [6.07, 6.45) is -3.38. The highest BCUT2D eigenvalue weighted by Crippen LogP contribution is 2.30. The number of hydrogen-bond acceptors (Lipinski definition) is 5. The quantitative estimate of drug-likeness (QED) is 0.377. The number of nitrogens with one attached hydrogen (secondary N) is 1. The maximum absolute atomic E-state index is 12.9. The van der Waals surface area contributed by atoms with Crippen LogP contribution in [0.1, 0.15) is 40.5 Å². The van der Waals surface area contributed by atoms with E-state index in [1.54, 1.807) is 11.4 Å². The van der Waals surface area contributed by atoms with Crippen molar-refractivity contribution in [1.29, 1.82) is 0 Å². The molecule has 1 atom stereocenters. The van der Waals surface area contributed by atoms with E-state index in [2.05, 4.69) is 14.8 Å². The molecule has 5 nitrogen and oxygen atoms in total. The minimum absolute atomic E-state index is 0.257. The standard InChI is InChI=1S/C24H22F3NO4S/c1-31-22(29)9-5-8-20(17-6-3-2-4-7-17)28-23(30)21-14-18(15-33-21)16-10-12-19(13-11-16)32-24(25,26)27/h2-4,6-7,10-15,20H,5,8-9H2,1H3,(H,28,30). The molecule has 33 heavy (non-hydrogen) atoms. The van der Waals surface area contributed by atoms with Crippen LogP contribution in [-0.2, 0) is 9.53 Å². The average Bonchev–Trinajstić information content (AvgIpc) is 3.28. The van der Waals surface area contributed by atoms with Crippen LogP contribution in [0.25, 0.3) is 11.1 Å². The number of hydrogen-bond donors (Lipinski definition) is 1. The third-order valence-electron chi connectivity index (χ3n) is 4.85. The van der Waals surface area contributed by atoms with E-state index in [1.807, 2.05) is 30.3 Å². The Morgan fingerprint density at radius 2 is 1.73 bits per heavy atom. The third-order valence-corrected chi connectivity index (χ3v) is 5.78. The lowest BCUT2D eigenvalue weighted by Gasteiger charge is -2.18. The van der Waals surface area contributed by atoms with Crippen molar-refractivity contribution in [2.24, 2.45) is 0 Å². The fourth-order valence-corrected chi connectivity index (χ4v) is 4.06. The van der Waals surface area contributed by atoms with Crippen molar-refractivity contribution in [1.82, 2.24) is 5.32 Å². The van der Waals surface area contributed by atoms with Crippen LogP contribution in [0.3, 0.4) is 0 Å². The van der Waals surface area contributed by atoms with Gasteiger partial charge in [-0.25, -0.2) is 0 Å². The lowest BCUT2D eigenvalue weighted by atomic mass is 10.0. The molecule has 0 aliphatic carbocycles. The zero-order valence-electron chi connectivity index (χ0n) is 17.7. The summed E-state index contributed by atoms with van der Waals surface area (Å²) in [5, 5.41) is 4.78. The fraction of sp³-hybridized carbons (Fsp3) is 0.250. The van der Waals surface area contributed by atoms with Crippen LogP contribution >= 0.6 is 11.3 Å². The van der Waals surface area contributed by atoms with Crippen molar-refractivity contribution in [3.63, 3.8) is 0 Å². The van der Waals surface area contributed by atoms with Crippen molar-refractivity contribution in [3.8, 4) is 16.9 Å². The van der Waals surface area contributed by atoms with Gasteiger partial charge < -0.3 is 14.8 Å². The van der Waals surface area contributed by atoms with E-state index >= 15 is 0 Å². The minimum Gasteiger partial charge on any atom is -0.469 e. The van der Waals surface area contributed by atoms with Gasteiger partial charge in [-0.2, -0.15) is 0 Å². The van der Waals surface area contributed by atoms with Crippen molar-refractivity contribution < 1.29 is 32.2 Å². The van der Waals surface area contributed by atoms with Crippen LogP contribution in [0.4, 0.5) is 13.2 Å². The number of carbonyl (C=O) groups is 2. The molecule has 0 saturated heterocycles. The lowest BCUT2D eigenvalue weighted by Crippen LogP contribution is -2.28. The molecular formula is C24H22F3NO4S. The predicted octanol–water partition coefficient (Wildman–Crippen LogP) is 6.13. The Morgan fingerprint density at radius 3 is 2.36 bits per heavy atom. The van der Waals surface area contributed by atoms with Crippen LogP contribution in [0.15, 0.2) is 66.0 Å². The minimum atomic E-state index is -4.75. The zero-order chi connectivity index (χ0) is 23.8. The van der Waals surface area contributed by atoms with Gasteiger partial charge in [0.2, 0.25) is 0 Å². The summed E-state index contributed by atoms with van der Waals surface area (Å²) >= 11 is 1.24. The SMILES string of the molecule is COC(=O)CCCC(NC(=O)c1cc(-c2ccc(OC(F)(F)F)cc2)cs1)c1ccccc1. The largest absolute Gasteiger partial charge is 0.573 e. The molecular weight excluding hydrogens is 455 g/mol. The highest BCUT2D eigenvalue weighted by atomic mass is 32.1. The number of halogens is 3. The van der Waals surface area contributed by atoms with Crippen LogP contribution in [0.5, 0.6) is 5.75 Å². The van der Waals surface area contributed by atoms with Gasteiger partial charge in [-0.15, -0.1) is 24.5 Å². The maximum Gasteiger partial charge on any atom is 0.573 e. The Bertz CT molecular complexity index is 1070.